The third-order valence-corrected chi connectivity index (χ3v) is 3.03. The van der Waals surface area contributed by atoms with Gasteiger partial charge in [0.1, 0.15) is 11.9 Å². The van der Waals surface area contributed by atoms with Gasteiger partial charge >= 0.3 is 0 Å². The van der Waals surface area contributed by atoms with Crippen molar-refractivity contribution in [2.24, 2.45) is 5.84 Å². The fraction of sp³-hybridized carbons (Fsp3) is 0.273. The van der Waals surface area contributed by atoms with Crippen LogP contribution in [0.15, 0.2) is 35.2 Å². The van der Waals surface area contributed by atoms with E-state index >= 15 is 0 Å². The van der Waals surface area contributed by atoms with Crippen LogP contribution < -0.4 is 11.3 Å². The zero-order valence-corrected chi connectivity index (χ0v) is 11.1. The van der Waals surface area contributed by atoms with Crippen LogP contribution in [0.5, 0.6) is 0 Å². The van der Waals surface area contributed by atoms with E-state index in [1.165, 1.54) is 0 Å². The summed E-state index contributed by atoms with van der Waals surface area (Å²) in [7, 11) is 0. The van der Waals surface area contributed by atoms with Gasteiger partial charge in [0.25, 0.3) is 0 Å². The molecule has 1 unspecified atom stereocenters. The summed E-state index contributed by atoms with van der Waals surface area (Å²) in [6, 6.07) is 3.66. The summed E-state index contributed by atoms with van der Waals surface area (Å²) in [4.78, 5) is 8.66. The lowest BCUT2D eigenvalue weighted by Gasteiger charge is -2.16. The highest BCUT2D eigenvalue weighted by Gasteiger charge is 2.18. The van der Waals surface area contributed by atoms with Crippen LogP contribution in [0, 0.1) is 0 Å². The summed E-state index contributed by atoms with van der Waals surface area (Å²) >= 11 is 3.36. The van der Waals surface area contributed by atoms with Crippen molar-refractivity contribution in [3.8, 4) is 0 Å². The van der Waals surface area contributed by atoms with E-state index < -0.39 is 0 Å². The molecule has 17 heavy (non-hydrogen) atoms. The van der Waals surface area contributed by atoms with Crippen molar-refractivity contribution in [1.82, 2.24) is 20.0 Å². The van der Waals surface area contributed by atoms with Crippen LogP contribution in [0.3, 0.4) is 0 Å². The monoisotopic (exact) mass is 295 g/mol. The first-order valence-electron chi connectivity index (χ1n) is 5.35. The Morgan fingerprint density at radius 2 is 2.29 bits per heavy atom. The van der Waals surface area contributed by atoms with Gasteiger partial charge in [-0.1, -0.05) is 0 Å². The Kier molecular flexibility index (Phi) is 3.88. The molecule has 6 heteroatoms. The normalized spacial score (nSPS) is 12.6. The molecule has 2 heterocycles. The van der Waals surface area contributed by atoms with Gasteiger partial charge in [0.05, 0.1) is 5.69 Å². The zero-order chi connectivity index (χ0) is 12.3. The van der Waals surface area contributed by atoms with E-state index in [0.717, 1.165) is 22.5 Å². The Bertz CT molecular complexity index is 479. The number of rotatable bonds is 4. The van der Waals surface area contributed by atoms with Gasteiger partial charge in [-0.05, 0) is 35.0 Å². The number of halogens is 1. The van der Waals surface area contributed by atoms with E-state index in [-0.39, 0.29) is 6.04 Å². The number of imidazole rings is 1. The van der Waals surface area contributed by atoms with E-state index in [9.17, 15) is 0 Å². The Balaban J connectivity index is 2.36. The fourth-order valence-electron chi connectivity index (χ4n) is 1.70. The molecule has 0 aliphatic rings. The van der Waals surface area contributed by atoms with Crippen LogP contribution in [0.4, 0.5) is 0 Å². The molecule has 0 aliphatic carbocycles. The lowest BCUT2D eigenvalue weighted by molar-refractivity contribution is 0.550. The van der Waals surface area contributed by atoms with Crippen LogP contribution >= 0.6 is 15.9 Å². The highest BCUT2D eigenvalue weighted by molar-refractivity contribution is 9.10. The molecule has 5 nitrogen and oxygen atoms in total. The lowest BCUT2D eigenvalue weighted by Crippen LogP contribution is -2.31. The van der Waals surface area contributed by atoms with E-state index in [4.69, 9.17) is 5.84 Å². The molecule has 2 aromatic heterocycles. The summed E-state index contributed by atoms with van der Waals surface area (Å²) in [5, 5.41) is 0. The van der Waals surface area contributed by atoms with Gasteiger partial charge in [-0.3, -0.25) is 10.8 Å². The van der Waals surface area contributed by atoms with Crippen molar-refractivity contribution in [1.29, 1.82) is 0 Å². The topological polar surface area (TPSA) is 68.8 Å². The zero-order valence-electron chi connectivity index (χ0n) is 9.47. The Hall–Kier alpha value is -1.24. The number of aromatic nitrogens is 3. The van der Waals surface area contributed by atoms with E-state index in [0.29, 0.717) is 0 Å². The third kappa shape index (κ3) is 2.54. The predicted octanol–water partition coefficient (Wildman–Crippen LogP) is 1.61. The van der Waals surface area contributed by atoms with Gasteiger partial charge in [-0.2, -0.15) is 0 Å². The number of aryl methyl sites for hydroxylation is 1. The average Bonchev–Trinajstić information content (AvgIpc) is 2.81. The van der Waals surface area contributed by atoms with Crippen molar-refractivity contribution in [3.05, 3.63) is 46.7 Å². The second-order valence-electron chi connectivity index (χ2n) is 3.57. The standard InChI is InChI=1S/C11H14BrN5/c1-2-17-6-5-14-11(17)10(16-13)9-4-3-8(12)7-15-9/h3-7,10,16H,2,13H2,1H3. The molecule has 0 aliphatic heterocycles. The molecule has 2 rings (SSSR count). The molecule has 1 atom stereocenters. The van der Waals surface area contributed by atoms with E-state index in [2.05, 4.69) is 38.2 Å². The Labute approximate surface area is 108 Å². The van der Waals surface area contributed by atoms with E-state index in [1.807, 2.05) is 22.9 Å². The van der Waals surface area contributed by atoms with Crippen molar-refractivity contribution in [3.63, 3.8) is 0 Å². The third-order valence-electron chi connectivity index (χ3n) is 2.56. The molecule has 2 aromatic rings. The van der Waals surface area contributed by atoms with Crippen LogP contribution in [0.2, 0.25) is 0 Å². The van der Waals surface area contributed by atoms with Gasteiger partial charge in [-0.25, -0.2) is 10.4 Å². The summed E-state index contributed by atoms with van der Waals surface area (Å²) in [6.07, 6.45) is 5.44. The summed E-state index contributed by atoms with van der Waals surface area (Å²) in [6.45, 7) is 2.91. The van der Waals surface area contributed by atoms with Crippen molar-refractivity contribution < 1.29 is 0 Å². The SMILES string of the molecule is CCn1ccnc1C(NN)c1ccc(Br)cn1. The van der Waals surface area contributed by atoms with Gasteiger partial charge < -0.3 is 4.57 Å². The lowest BCUT2D eigenvalue weighted by atomic mass is 10.2. The van der Waals surface area contributed by atoms with Gasteiger partial charge in [0.15, 0.2) is 0 Å². The number of nitrogens with one attached hydrogen (secondary N) is 1. The van der Waals surface area contributed by atoms with Crippen LogP contribution in [0.1, 0.15) is 24.5 Å². The Morgan fingerprint density at radius 1 is 1.47 bits per heavy atom. The van der Waals surface area contributed by atoms with Crippen LogP contribution in [0.25, 0.3) is 0 Å². The minimum absolute atomic E-state index is 0.196. The molecule has 0 saturated heterocycles. The van der Waals surface area contributed by atoms with Crippen molar-refractivity contribution in [2.45, 2.75) is 19.5 Å². The first-order valence-corrected chi connectivity index (χ1v) is 6.14. The fourth-order valence-corrected chi connectivity index (χ4v) is 1.93. The molecule has 0 amide bonds. The molecule has 0 fully saturated rings. The van der Waals surface area contributed by atoms with E-state index in [1.54, 1.807) is 12.4 Å². The molecule has 0 radical (unpaired) electrons. The van der Waals surface area contributed by atoms with Crippen LogP contribution in [-0.2, 0) is 6.54 Å². The average molecular weight is 296 g/mol. The van der Waals surface area contributed by atoms with Gasteiger partial charge in [0, 0.05) is 29.6 Å². The highest BCUT2D eigenvalue weighted by Crippen LogP contribution is 2.19. The maximum Gasteiger partial charge on any atom is 0.133 e. The maximum absolute atomic E-state index is 5.60. The minimum Gasteiger partial charge on any atom is -0.334 e. The second kappa shape index (κ2) is 5.39. The molecular weight excluding hydrogens is 282 g/mol. The summed E-state index contributed by atoms with van der Waals surface area (Å²) in [5.41, 5.74) is 3.60. The quantitative estimate of drug-likeness (QED) is 0.664. The van der Waals surface area contributed by atoms with Crippen molar-refractivity contribution >= 4 is 15.9 Å². The smallest absolute Gasteiger partial charge is 0.133 e. The number of hydrogen-bond donors (Lipinski definition) is 2. The second-order valence-corrected chi connectivity index (χ2v) is 4.49. The van der Waals surface area contributed by atoms with Crippen LogP contribution in [-0.4, -0.2) is 14.5 Å². The van der Waals surface area contributed by atoms with Gasteiger partial charge in [-0.15, -0.1) is 0 Å². The highest BCUT2D eigenvalue weighted by atomic mass is 79.9. The van der Waals surface area contributed by atoms with Gasteiger partial charge in [0.2, 0.25) is 0 Å². The number of hydrazine groups is 1. The predicted molar refractivity (Wildman–Crippen MR) is 69.0 cm³/mol. The minimum atomic E-state index is -0.196. The number of pyridine rings is 1. The Morgan fingerprint density at radius 3 is 2.88 bits per heavy atom. The molecule has 0 aromatic carbocycles. The number of nitrogens with two attached hydrogens (primary N) is 1. The number of hydrogen-bond acceptors (Lipinski definition) is 4. The summed E-state index contributed by atoms with van der Waals surface area (Å²) < 4.78 is 2.98. The molecule has 3 N–H and O–H groups in total. The first kappa shape index (κ1) is 12.2. The number of nitrogens with zero attached hydrogens (tertiary/aromatic N) is 3. The molecule has 0 spiro atoms. The molecule has 0 saturated carbocycles. The molecular formula is C11H14BrN5. The largest absolute Gasteiger partial charge is 0.334 e. The molecule has 0 bridgehead atoms. The molecule has 90 valence electrons. The maximum atomic E-state index is 5.60. The summed E-state index contributed by atoms with van der Waals surface area (Å²) in [5.74, 6) is 6.47. The first-order chi connectivity index (χ1) is 8.26. The van der Waals surface area contributed by atoms with Crippen molar-refractivity contribution in [2.75, 3.05) is 0 Å².